The van der Waals surface area contributed by atoms with Crippen LogP contribution in [0.25, 0.3) is 0 Å². The molecule has 1 aliphatic rings. The second-order valence-electron chi connectivity index (χ2n) is 4.20. The Labute approximate surface area is 102 Å². The van der Waals surface area contributed by atoms with Crippen molar-refractivity contribution >= 4 is 16.0 Å². The molecule has 0 aromatic heterocycles. The summed E-state index contributed by atoms with van der Waals surface area (Å²) in [6.07, 6.45) is 0.739. The molecule has 1 N–H and O–H groups in total. The molecule has 17 heavy (non-hydrogen) atoms. The van der Waals surface area contributed by atoms with Gasteiger partial charge in [0.05, 0.1) is 12.2 Å². The summed E-state index contributed by atoms with van der Waals surface area (Å²) < 4.78 is 25.0. The van der Waals surface area contributed by atoms with Gasteiger partial charge in [-0.2, -0.15) is 4.31 Å². The van der Waals surface area contributed by atoms with E-state index in [0.717, 1.165) is 26.1 Å². The Bertz CT molecular complexity index is 347. The molecule has 1 heterocycles. The fourth-order valence-electron chi connectivity index (χ4n) is 1.89. The summed E-state index contributed by atoms with van der Waals surface area (Å²) in [6, 6.07) is 0. The van der Waals surface area contributed by atoms with Crippen molar-refractivity contribution in [2.45, 2.75) is 19.8 Å². The molecule has 0 radical (unpaired) electrons. The molecule has 0 spiro atoms. The monoisotopic (exact) mass is 264 g/mol. The van der Waals surface area contributed by atoms with Crippen LogP contribution in [0.1, 0.15) is 19.8 Å². The van der Waals surface area contributed by atoms with Crippen LogP contribution < -0.4 is 0 Å². The Morgan fingerprint density at radius 1 is 1.24 bits per heavy atom. The predicted octanol–water partition coefficient (Wildman–Crippen LogP) is -0.181. The van der Waals surface area contributed by atoms with Crippen LogP contribution in [0.5, 0.6) is 0 Å². The lowest BCUT2D eigenvalue weighted by atomic mass is 10.3. The maximum Gasteiger partial charge on any atom is 0.304 e. The van der Waals surface area contributed by atoms with Gasteiger partial charge in [0, 0.05) is 26.2 Å². The lowest BCUT2D eigenvalue weighted by Gasteiger charge is -2.33. The van der Waals surface area contributed by atoms with E-state index >= 15 is 0 Å². The molecular weight excluding hydrogens is 244 g/mol. The third-order valence-corrected chi connectivity index (χ3v) is 4.71. The van der Waals surface area contributed by atoms with Crippen molar-refractivity contribution in [1.29, 1.82) is 0 Å². The van der Waals surface area contributed by atoms with E-state index in [4.69, 9.17) is 5.11 Å². The van der Waals surface area contributed by atoms with Crippen molar-refractivity contribution in [2.24, 2.45) is 0 Å². The van der Waals surface area contributed by atoms with Gasteiger partial charge < -0.3 is 10.0 Å². The first-order valence-electron chi connectivity index (χ1n) is 5.87. The zero-order valence-corrected chi connectivity index (χ0v) is 10.9. The van der Waals surface area contributed by atoms with Gasteiger partial charge in [-0.1, -0.05) is 6.92 Å². The molecule has 100 valence electrons. The van der Waals surface area contributed by atoms with Crippen LogP contribution in [0.3, 0.4) is 0 Å². The molecule has 0 unspecified atom stereocenters. The van der Waals surface area contributed by atoms with Gasteiger partial charge in [-0.25, -0.2) is 8.42 Å². The number of piperazine rings is 1. The number of nitrogens with zero attached hydrogens (tertiary/aromatic N) is 2. The van der Waals surface area contributed by atoms with Gasteiger partial charge in [-0.15, -0.1) is 0 Å². The van der Waals surface area contributed by atoms with E-state index in [1.807, 2.05) is 0 Å². The molecule has 1 aliphatic heterocycles. The third-order valence-electron chi connectivity index (χ3n) is 2.84. The number of sulfonamides is 1. The van der Waals surface area contributed by atoms with Crippen molar-refractivity contribution in [2.75, 3.05) is 38.5 Å². The van der Waals surface area contributed by atoms with Gasteiger partial charge in [0.15, 0.2) is 0 Å². The zero-order chi connectivity index (χ0) is 12.9. The van der Waals surface area contributed by atoms with Crippen LogP contribution in [0, 0.1) is 0 Å². The van der Waals surface area contributed by atoms with Gasteiger partial charge >= 0.3 is 5.97 Å². The molecule has 6 nitrogen and oxygen atoms in total. The Morgan fingerprint density at radius 3 is 2.29 bits per heavy atom. The SMILES string of the molecule is CCCN1CCN(S(=O)(=O)CCC(=O)O)CC1. The number of hydrogen-bond donors (Lipinski definition) is 1. The zero-order valence-electron chi connectivity index (χ0n) is 10.1. The first-order valence-corrected chi connectivity index (χ1v) is 7.48. The minimum Gasteiger partial charge on any atom is -0.481 e. The second kappa shape index (κ2) is 6.32. The van der Waals surface area contributed by atoms with E-state index in [2.05, 4.69) is 11.8 Å². The van der Waals surface area contributed by atoms with Crippen LogP contribution in [-0.2, 0) is 14.8 Å². The number of carbonyl (C=O) groups is 1. The molecule has 0 atom stereocenters. The van der Waals surface area contributed by atoms with E-state index in [1.54, 1.807) is 0 Å². The molecule has 0 aromatic carbocycles. The van der Waals surface area contributed by atoms with Gasteiger partial charge in [-0.3, -0.25) is 4.79 Å². The molecule has 0 saturated carbocycles. The van der Waals surface area contributed by atoms with E-state index < -0.39 is 16.0 Å². The minimum atomic E-state index is -3.39. The topological polar surface area (TPSA) is 77.9 Å². The molecule has 0 aliphatic carbocycles. The lowest BCUT2D eigenvalue weighted by molar-refractivity contribution is -0.136. The summed E-state index contributed by atoms with van der Waals surface area (Å²) >= 11 is 0. The quantitative estimate of drug-likeness (QED) is 0.720. The van der Waals surface area contributed by atoms with E-state index in [-0.39, 0.29) is 12.2 Å². The standard InChI is InChI=1S/C10H20N2O4S/c1-2-4-11-5-7-12(8-6-11)17(15,16)9-3-10(13)14/h2-9H2,1H3,(H,13,14). The molecule has 1 rings (SSSR count). The van der Waals surface area contributed by atoms with Crippen molar-refractivity contribution in [3.8, 4) is 0 Å². The average Bonchev–Trinajstić information content (AvgIpc) is 2.28. The van der Waals surface area contributed by atoms with Crippen LogP contribution in [0.15, 0.2) is 0 Å². The number of hydrogen-bond acceptors (Lipinski definition) is 4. The average molecular weight is 264 g/mol. The largest absolute Gasteiger partial charge is 0.481 e. The highest BCUT2D eigenvalue weighted by atomic mass is 32.2. The van der Waals surface area contributed by atoms with E-state index in [0.29, 0.717) is 13.1 Å². The lowest BCUT2D eigenvalue weighted by Crippen LogP contribution is -2.49. The first-order chi connectivity index (χ1) is 7.95. The summed E-state index contributed by atoms with van der Waals surface area (Å²) in [4.78, 5) is 12.6. The maximum atomic E-state index is 11.8. The Hall–Kier alpha value is -0.660. The number of rotatable bonds is 6. The highest BCUT2D eigenvalue weighted by Crippen LogP contribution is 2.09. The Kier molecular flexibility index (Phi) is 5.35. The fourth-order valence-corrected chi connectivity index (χ4v) is 3.30. The third kappa shape index (κ3) is 4.61. The highest BCUT2D eigenvalue weighted by Gasteiger charge is 2.26. The molecule has 7 heteroatoms. The highest BCUT2D eigenvalue weighted by molar-refractivity contribution is 7.89. The summed E-state index contributed by atoms with van der Waals surface area (Å²) in [5, 5.41) is 8.50. The van der Waals surface area contributed by atoms with Gasteiger partial charge in [0.2, 0.25) is 10.0 Å². The minimum absolute atomic E-state index is 0.296. The van der Waals surface area contributed by atoms with Crippen molar-refractivity contribution in [1.82, 2.24) is 9.21 Å². The summed E-state index contributed by atoms with van der Waals surface area (Å²) in [6.45, 7) is 5.50. The number of carboxylic acid groups (broad SMARTS) is 1. The first kappa shape index (κ1) is 14.4. The van der Waals surface area contributed by atoms with E-state index in [9.17, 15) is 13.2 Å². The Balaban J connectivity index is 2.44. The summed E-state index contributed by atoms with van der Waals surface area (Å²) in [5.74, 6) is -1.37. The molecule has 1 fully saturated rings. The van der Waals surface area contributed by atoms with Crippen molar-refractivity contribution < 1.29 is 18.3 Å². The van der Waals surface area contributed by atoms with Crippen LogP contribution >= 0.6 is 0 Å². The maximum absolute atomic E-state index is 11.8. The molecular formula is C10H20N2O4S. The molecule has 0 aromatic rings. The predicted molar refractivity (Wildman–Crippen MR) is 64.3 cm³/mol. The smallest absolute Gasteiger partial charge is 0.304 e. The van der Waals surface area contributed by atoms with Gasteiger partial charge in [-0.05, 0) is 13.0 Å². The van der Waals surface area contributed by atoms with Crippen LogP contribution in [0.4, 0.5) is 0 Å². The van der Waals surface area contributed by atoms with Gasteiger partial charge in [0.25, 0.3) is 0 Å². The van der Waals surface area contributed by atoms with E-state index in [1.165, 1.54) is 4.31 Å². The van der Waals surface area contributed by atoms with Crippen LogP contribution in [-0.4, -0.2) is 67.2 Å². The molecule has 0 bridgehead atoms. The second-order valence-corrected chi connectivity index (χ2v) is 6.29. The summed E-state index contributed by atoms with van der Waals surface area (Å²) in [5.41, 5.74) is 0. The normalized spacial score (nSPS) is 19.4. The van der Waals surface area contributed by atoms with Gasteiger partial charge in [0.1, 0.15) is 0 Å². The molecule has 0 amide bonds. The number of carboxylic acids is 1. The van der Waals surface area contributed by atoms with Crippen molar-refractivity contribution in [3.05, 3.63) is 0 Å². The summed E-state index contributed by atoms with van der Waals surface area (Å²) in [7, 11) is -3.39. The number of aliphatic carboxylic acids is 1. The van der Waals surface area contributed by atoms with Crippen LogP contribution in [0.2, 0.25) is 0 Å². The fraction of sp³-hybridized carbons (Fsp3) is 0.900. The molecule has 1 saturated heterocycles. The van der Waals surface area contributed by atoms with Crippen molar-refractivity contribution in [3.63, 3.8) is 0 Å². The Morgan fingerprint density at radius 2 is 1.82 bits per heavy atom.